The highest BCUT2D eigenvalue weighted by Gasteiger charge is 2.33. The van der Waals surface area contributed by atoms with Crippen LogP contribution in [0.3, 0.4) is 0 Å². The highest BCUT2D eigenvalue weighted by Crippen LogP contribution is 2.38. The maximum atomic E-state index is 13.4. The second-order valence-electron chi connectivity index (χ2n) is 7.25. The molecule has 0 aliphatic carbocycles. The Morgan fingerprint density at radius 1 is 1.07 bits per heavy atom. The summed E-state index contributed by atoms with van der Waals surface area (Å²) in [6, 6.07) is 11.9. The molecule has 2 unspecified atom stereocenters. The van der Waals surface area contributed by atoms with Crippen LogP contribution in [0.5, 0.6) is 0 Å². The monoisotopic (exact) mass is 454 g/mol. The predicted molar refractivity (Wildman–Crippen MR) is 113 cm³/mol. The highest BCUT2D eigenvalue weighted by molar-refractivity contribution is 8.00. The molecule has 0 spiro atoms. The van der Waals surface area contributed by atoms with E-state index in [2.05, 4.69) is 13.8 Å². The van der Waals surface area contributed by atoms with Gasteiger partial charge in [-0.2, -0.15) is 9.57 Å². The summed E-state index contributed by atoms with van der Waals surface area (Å²) in [7, 11) is -3.74. The first-order valence-corrected chi connectivity index (χ1v) is 11.9. The van der Waals surface area contributed by atoms with Gasteiger partial charge in [0.2, 0.25) is 10.0 Å². The quantitative estimate of drug-likeness (QED) is 0.595. The van der Waals surface area contributed by atoms with E-state index in [1.165, 1.54) is 22.1 Å². The molecular weight excluding hydrogens is 435 g/mol. The van der Waals surface area contributed by atoms with E-state index in [0.717, 1.165) is 11.3 Å². The molecule has 0 saturated carbocycles. The third-order valence-electron chi connectivity index (χ3n) is 4.59. The Morgan fingerprint density at radius 3 is 2.25 bits per heavy atom. The van der Waals surface area contributed by atoms with Gasteiger partial charge < -0.3 is 0 Å². The zero-order valence-corrected chi connectivity index (χ0v) is 18.7. The van der Waals surface area contributed by atoms with Crippen molar-refractivity contribution in [2.45, 2.75) is 35.0 Å². The van der Waals surface area contributed by atoms with Gasteiger partial charge in [0.15, 0.2) is 0 Å². The number of nitrogens with zero attached hydrogens (tertiary/aromatic N) is 2. The molecule has 1 saturated heterocycles. The molecule has 1 aliphatic heterocycles. The van der Waals surface area contributed by atoms with Gasteiger partial charge in [0, 0.05) is 32.9 Å². The summed E-state index contributed by atoms with van der Waals surface area (Å²) >= 11 is 13.4. The van der Waals surface area contributed by atoms with Gasteiger partial charge in [0.05, 0.1) is 16.5 Å². The van der Waals surface area contributed by atoms with Gasteiger partial charge in [-0.1, -0.05) is 48.8 Å². The molecule has 148 valence electrons. The lowest BCUT2D eigenvalue weighted by atomic mass is 9.94. The van der Waals surface area contributed by atoms with Crippen LogP contribution in [-0.2, 0) is 10.0 Å². The minimum atomic E-state index is -3.74. The number of benzene rings is 2. The normalized spacial score (nSPS) is 20.7. The molecule has 2 atom stereocenters. The van der Waals surface area contributed by atoms with E-state index in [-0.39, 0.29) is 4.90 Å². The van der Waals surface area contributed by atoms with Crippen molar-refractivity contribution in [2.24, 2.45) is 11.8 Å². The number of halogens is 2. The minimum Gasteiger partial charge on any atom is -0.207 e. The topological polar surface area (TPSA) is 61.2 Å². The van der Waals surface area contributed by atoms with Gasteiger partial charge >= 0.3 is 0 Å². The van der Waals surface area contributed by atoms with Crippen molar-refractivity contribution in [2.75, 3.05) is 13.1 Å². The Hall–Kier alpha value is -1.23. The number of nitriles is 1. The Morgan fingerprint density at radius 2 is 1.68 bits per heavy atom. The zero-order chi connectivity index (χ0) is 20.5. The first-order valence-electron chi connectivity index (χ1n) is 8.87. The molecule has 1 fully saturated rings. The maximum absolute atomic E-state index is 13.4. The number of piperidine rings is 1. The SMILES string of the molecule is CC1CC(C)CN(S(=O)(=O)c2cc(C#N)ccc2Sc2cc(Cl)cc(Cl)c2)C1. The molecule has 4 nitrogen and oxygen atoms in total. The van der Waals surface area contributed by atoms with Crippen molar-refractivity contribution >= 4 is 45.0 Å². The fourth-order valence-electron chi connectivity index (χ4n) is 3.52. The van der Waals surface area contributed by atoms with Gasteiger partial charge in [0.1, 0.15) is 0 Å². The van der Waals surface area contributed by atoms with Crippen LogP contribution >= 0.6 is 35.0 Å². The summed E-state index contributed by atoms with van der Waals surface area (Å²) in [5, 5.41) is 10.2. The molecule has 0 amide bonds. The molecule has 0 aromatic heterocycles. The van der Waals surface area contributed by atoms with Gasteiger partial charge in [0.25, 0.3) is 0 Å². The van der Waals surface area contributed by atoms with Gasteiger partial charge in [-0.25, -0.2) is 8.42 Å². The lowest BCUT2D eigenvalue weighted by molar-refractivity contribution is 0.222. The highest BCUT2D eigenvalue weighted by atomic mass is 35.5. The third-order valence-corrected chi connectivity index (χ3v) is 8.07. The number of sulfonamides is 1. The molecule has 1 aliphatic rings. The first-order chi connectivity index (χ1) is 13.2. The smallest absolute Gasteiger partial charge is 0.207 e. The Kier molecular flexibility index (Phi) is 6.63. The third kappa shape index (κ3) is 4.84. The molecule has 28 heavy (non-hydrogen) atoms. The fourth-order valence-corrected chi connectivity index (χ4v) is 7.31. The van der Waals surface area contributed by atoms with E-state index in [9.17, 15) is 13.7 Å². The van der Waals surface area contributed by atoms with Crippen LogP contribution < -0.4 is 0 Å². The average molecular weight is 455 g/mol. The van der Waals surface area contributed by atoms with Crippen LogP contribution in [0.25, 0.3) is 0 Å². The molecule has 2 aromatic carbocycles. The molecular formula is C20H20Cl2N2O2S2. The Balaban J connectivity index is 2.04. The van der Waals surface area contributed by atoms with Gasteiger partial charge in [-0.3, -0.25) is 0 Å². The van der Waals surface area contributed by atoms with Crippen molar-refractivity contribution in [1.29, 1.82) is 5.26 Å². The van der Waals surface area contributed by atoms with Gasteiger partial charge in [-0.15, -0.1) is 0 Å². The summed E-state index contributed by atoms with van der Waals surface area (Å²) < 4.78 is 28.4. The minimum absolute atomic E-state index is 0.147. The second-order valence-corrected chi connectivity index (χ2v) is 11.1. The summed E-state index contributed by atoms with van der Waals surface area (Å²) in [6.45, 7) is 5.09. The van der Waals surface area contributed by atoms with E-state index >= 15 is 0 Å². The molecule has 1 heterocycles. The van der Waals surface area contributed by atoms with E-state index in [1.54, 1.807) is 30.3 Å². The maximum Gasteiger partial charge on any atom is 0.244 e. The fraction of sp³-hybridized carbons (Fsp3) is 0.350. The van der Waals surface area contributed by atoms with E-state index in [4.69, 9.17) is 23.2 Å². The Labute approximate surface area is 180 Å². The summed E-state index contributed by atoms with van der Waals surface area (Å²) in [5.41, 5.74) is 0.310. The van der Waals surface area contributed by atoms with Crippen LogP contribution in [0, 0.1) is 23.2 Å². The molecule has 2 aromatic rings. The molecule has 0 radical (unpaired) electrons. The van der Waals surface area contributed by atoms with E-state index in [1.807, 2.05) is 6.07 Å². The number of hydrogen-bond donors (Lipinski definition) is 0. The lowest BCUT2D eigenvalue weighted by Crippen LogP contribution is -2.42. The largest absolute Gasteiger partial charge is 0.244 e. The number of rotatable bonds is 4. The Bertz CT molecular complexity index is 1000. The molecule has 0 N–H and O–H groups in total. The first kappa shape index (κ1) is 21.5. The molecule has 3 rings (SSSR count). The molecule has 8 heteroatoms. The predicted octanol–water partition coefficient (Wildman–Crippen LogP) is 5.68. The number of hydrogen-bond acceptors (Lipinski definition) is 4. The van der Waals surface area contributed by atoms with Crippen LogP contribution in [-0.4, -0.2) is 25.8 Å². The van der Waals surface area contributed by atoms with Crippen LogP contribution in [0.15, 0.2) is 51.1 Å². The zero-order valence-electron chi connectivity index (χ0n) is 15.5. The van der Waals surface area contributed by atoms with Crippen LogP contribution in [0.2, 0.25) is 10.0 Å². The van der Waals surface area contributed by atoms with Gasteiger partial charge in [-0.05, 0) is 54.7 Å². The van der Waals surface area contributed by atoms with Crippen LogP contribution in [0.1, 0.15) is 25.8 Å². The summed E-state index contributed by atoms with van der Waals surface area (Å²) in [5.74, 6) is 0.584. The van der Waals surface area contributed by atoms with Crippen molar-refractivity contribution in [3.8, 4) is 6.07 Å². The second kappa shape index (κ2) is 8.64. The van der Waals surface area contributed by atoms with Crippen molar-refractivity contribution < 1.29 is 8.42 Å². The summed E-state index contributed by atoms with van der Waals surface area (Å²) in [6.07, 6.45) is 1.01. The van der Waals surface area contributed by atoms with Crippen LogP contribution in [0.4, 0.5) is 0 Å². The standard InChI is InChI=1S/C20H20Cl2N2O2S2/c1-13-5-14(2)12-24(11-13)28(25,26)20-6-15(10-23)3-4-19(20)27-18-8-16(21)7-17(22)9-18/h3-4,6-9,13-14H,5,11-12H2,1-2H3. The molecule has 0 bridgehead atoms. The van der Waals surface area contributed by atoms with E-state index < -0.39 is 10.0 Å². The van der Waals surface area contributed by atoms with E-state index in [0.29, 0.717) is 45.4 Å². The summed E-state index contributed by atoms with van der Waals surface area (Å²) in [4.78, 5) is 1.43. The van der Waals surface area contributed by atoms with Crippen molar-refractivity contribution in [3.05, 3.63) is 52.0 Å². The lowest BCUT2D eigenvalue weighted by Gasteiger charge is -2.34. The van der Waals surface area contributed by atoms with Crippen molar-refractivity contribution in [1.82, 2.24) is 4.31 Å². The average Bonchev–Trinajstić information content (AvgIpc) is 2.60. The van der Waals surface area contributed by atoms with Crippen molar-refractivity contribution in [3.63, 3.8) is 0 Å².